The molecule has 0 fully saturated rings. The number of rotatable bonds is 5. The average Bonchev–Trinajstić information content (AvgIpc) is 3.11. The van der Waals surface area contributed by atoms with Gasteiger partial charge in [-0.2, -0.15) is 0 Å². The van der Waals surface area contributed by atoms with Crippen molar-refractivity contribution in [1.82, 2.24) is 4.90 Å². The molecule has 0 spiro atoms. The zero-order valence-electron chi connectivity index (χ0n) is 14.2. The second-order valence-corrected chi connectivity index (χ2v) is 6.40. The van der Waals surface area contributed by atoms with Gasteiger partial charge in [-0.05, 0) is 23.8 Å². The predicted octanol–water partition coefficient (Wildman–Crippen LogP) is 3.25. The number of hydrogen-bond donors (Lipinski definition) is 1. The smallest absolute Gasteiger partial charge is 0.272 e. The van der Waals surface area contributed by atoms with E-state index >= 15 is 0 Å². The van der Waals surface area contributed by atoms with E-state index in [9.17, 15) is 9.59 Å². The van der Waals surface area contributed by atoms with Crippen molar-refractivity contribution in [2.75, 3.05) is 18.9 Å². The summed E-state index contributed by atoms with van der Waals surface area (Å²) in [6.07, 6.45) is 0.104. The van der Waals surface area contributed by atoms with Crippen LogP contribution in [0.3, 0.4) is 0 Å². The number of carbonyl (C=O) groups excluding carboxylic acids is 2. The van der Waals surface area contributed by atoms with Gasteiger partial charge in [-0.15, -0.1) is 0 Å². The van der Waals surface area contributed by atoms with E-state index < -0.39 is 0 Å². The fourth-order valence-electron chi connectivity index (χ4n) is 2.62. The third-order valence-electron chi connectivity index (χ3n) is 3.92. The summed E-state index contributed by atoms with van der Waals surface area (Å²) in [7, 11) is 1.55. The monoisotopic (exact) mass is 371 g/mol. The molecule has 1 atom stereocenters. The predicted molar refractivity (Wildman–Crippen MR) is 100 cm³/mol. The molecule has 134 valence electrons. The Hall–Kier alpha value is -2.86. The van der Waals surface area contributed by atoms with Crippen LogP contribution in [-0.2, 0) is 14.4 Å². The summed E-state index contributed by atoms with van der Waals surface area (Å²) in [5.41, 5.74) is 1.84. The minimum Gasteiger partial charge on any atom is -0.387 e. The van der Waals surface area contributed by atoms with E-state index in [0.717, 1.165) is 5.56 Å². The lowest BCUT2D eigenvalue weighted by Crippen LogP contribution is -2.38. The number of anilines is 1. The van der Waals surface area contributed by atoms with Crippen LogP contribution in [0.15, 0.2) is 59.8 Å². The van der Waals surface area contributed by atoms with Gasteiger partial charge in [0, 0.05) is 24.2 Å². The molecular weight excluding hydrogens is 354 g/mol. The fourth-order valence-corrected chi connectivity index (χ4v) is 2.81. The van der Waals surface area contributed by atoms with Crippen LogP contribution in [-0.4, -0.2) is 36.0 Å². The minimum atomic E-state index is -0.329. The Bertz CT molecular complexity index is 839. The normalized spacial score (nSPS) is 15.8. The van der Waals surface area contributed by atoms with Crippen molar-refractivity contribution in [2.45, 2.75) is 12.5 Å². The average molecular weight is 372 g/mol. The molecule has 1 N–H and O–H groups in total. The van der Waals surface area contributed by atoms with Crippen LogP contribution in [0.2, 0.25) is 5.02 Å². The first-order valence-electron chi connectivity index (χ1n) is 8.11. The zero-order valence-corrected chi connectivity index (χ0v) is 14.9. The number of benzene rings is 2. The molecular formula is C19H18ClN3O3. The Kier molecular flexibility index (Phi) is 5.53. The van der Waals surface area contributed by atoms with Crippen LogP contribution in [0.5, 0.6) is 0 Å². The number of carbonyl (C=O) groups is 2. The van der Waals surface area contributed by atoms with Crippen LogP contribution in [0.25, 0.3) is 0 Å². The van der Waals surface area contributed by atoms with Gasteiger partial charge >= 0.3 is 0 Å². The number of nitrogens with zero attached hydrogens (tertiary/aromatic N) is 2. The van der Waals surface area contributed by atoms with Crippen LogP contribution < -0.4 is 5.32 Å². The van der Waals surface area contributed by atoms with E-state index in [4.69, 9.17) is 16.4 Å². The number of oxime groups is 1. The van der Waals surface area contributed by atoms with Crippen LogP contribution >= 0.6 is 11.6 Å². The van der Waals surface area contributed by atoms with E-state index in [1.807, 2.05) is 30.3 Å². The SMILES string of the molecule is CN(CC(=O)Nc1cccc(Cl)c1)C(=O)C1=NOC(c2ccccc2)C1. The van der Waals surface area contributed by atoms with Gasteiger partial charge in [-0.3, -0.25) is 9.59 Å². The summed E-state index contributed by atoms with van der Waals surface area (Å²) in [6, 6.07) is 16.4. The first kappa shape index (κ1) is 17.9. The maximum Gasteiger partial charge on any atom is 0.272 e. The van der Waals surface area contributed by atoms with Gasteiger partial charge in [0.05, 0.1) is 6.54 Å². The lowest BCUT2D eigenvalue weighted by Gasteiger charge is -2.16. The molecule has 1 aliphatic rings. The molecule has 2 aromatic carbocycles. The van der Waals surface area contributed by atoms with E-state index in [1.165, 1.54) is 4.90 Å². The lowest BCUT2D eigenvalue weighted by molar-refractivity contribution is -0.127. The number of likely N-dealkylation sites (N-methyl/N-ethyl adjacent to an activating group) is 1. The number of amides is 2. The highest BCUT2D eigenvalue weighted by Gasteiger charge is 2.29. The van der Waals surface area contributed by atoms with E-state index in [2.05, 4.69) is 10.5 Å². The first-order valence-corrected chi connectivity index (χ1v) is 8.49. The standard InChI is InChI=1S/C19H18ClN3O3/c1-23(12-18(24)21-15-9-5-8-14(20)10-15)19(25)16-11-17(26-22-16)13-6-3-2-4-7-13/h2-10,17H,11-12H2,1H3,(H,21,24). The quantitative estimate of drug-likeness (QED) is 0.876. The molecule has 1 heterocycles. The number of halogens is 1. The number of hydrogen-bond acceptors (Lipinski definition) is 4. The zero-order chi connectivity index (χ0) is 18.5. The molecule has 0 bridgehead atoms. The van der Waals surface area contributed by atoms with Crippen LogP contribution in [0.4, 0.5) is 5.69 Å². The minimum absolute atomic E-state index is 0.0969. The lowest BCUT2D eigenvalue weighted by atomic mass is 10.0. The Morgan fingerprint density at radius 2 is 2.00 bits per heavy atom. The van der Waals surface area contributed by atoms with Gasteiger partial charge in [0.25, 0.3) is 5.91 Å². The highest BCUT2D eigenvalue weighted by atomic mass is 35.5. The van der Waals surface area contributed by atoms with Crippen molar-refractivity contribution in [1.29, 1.82) is 0 Å². The Balaban J connectivity index is 1.54. The third kappa shape index (κ3) is 4.40. The second kappa shape index (κ2) is 8.01. The molecule has 6 nitrogen and oxygen atoms in total. The van der Waals surface area contributed by atoms with Crippen molar-refractivity contribution in [3.05, 3.63) is 65.2 Å². The maximum absolute atomic E-state index is 12.5. The van der Waals surface area contributed by atoms with Gasteiger partial charge < -0.3 is 15.1 Å². The van der Waals surface area contributed by atoms with Crippen molar-refractivity contribution in [3.63, 3.8) is 0 Å². The highest BCUT2D eigenvalue weighted by Crippen LogP contribution is 2.27. The van der Waals surface area contributed by atoms with E-state index in [-0.39, 0.29) is 24.5 Å². The summed E-state index contributed by atoms with van der Waals surface area (Å²) >= 11 is 5.89. The molecule has 7 heteroatoms. The molecule has 1 aliphatic heterocycles. The van der Waals surface area contributed by atoms with Gasteiger partial charge in [-0.1, -0.05) is 53.2 Å². The molecule has 26 heavy (non-hydrogen) atoms. The summed E-state index contributed by atoms with van der Waals surface area (Å²) in [4.78, 5) is 31.3. The van der Waals surface area contributed by atoms with E-state index in [0.29, 0.717) is 22.8 Å². The Morgan fingerprint density at radius 3 is 2.73 bits per heavy atom. The van der Waals surface area contributed by atoms with Crippen LogP contribution in [0.1, 0.15) is 18.1 Å². The van der Waals surface area contributed by atoms with Crippen molar-refractivity contribution in [2.24, 2.45) is 5.16 Å². The summed E-state index contributed by atoms with van der Waals surface area (Å²) in [5.74, 6) is -0.646. The van der Waals surface area contributed by atoms with Gasteiger partial charge in [0.2, 0.25) is 5.91 Å². The molecule has 0 saturated carbocycles. The first-order chi connectivity index (χ1) is 12.5. The highest BCUT2D eigenvalue weighted by molar-refractivity contribution is 6.39. The topological polar surface area (TPSA) is 71.0 Å². The fraction of sp³-hybridized carbons (Fsp3) is 0.211. The molecule has 0 aliphatic carbocycles. The molecule has 2 amide bonds. The molecule has 0 radical (unpaired) electrons. The summed E-state index contributed by atoms with van der Waals surface area (Å²) in [5, 5.41) is 7.12. The van der Waals surface area contributed by atoms with Crippen LogP contribution in [0, 0.1) is 0 Å². The van der Waals surface area contributed by atoms with E-state index in [1.54, 1.807) is 31.3 Å². The number of nitrogens with one attached hydrogen (secondary N) is 1. The molecule has 1 unspecified atom stereocenters. The Morgan fingerprint density at radius 1 is 1.23 bits per heavy atom. The van der Waals surface area contributed by atoms with Gasteiger partial charge in [0.15, 0.2) is 6.10 Å². The second-order valence-electron chi connectivity index (χ2n) is 5.97. The maximum atomic E-state index is 12.5. The Labute approximate surface area is 156 Å². The van der Waals surface area contributed by atoms with Crippen molar-refractivity contribution >= 4 is 34.8 Å². The van der Waals surface area contributed by atoms with Crippen molar-refractivity contribution in [3.8, 4) is 0 Å². The third-order valence-corrected chi connectivity index (χ3v) is 4.16. The summed E-state index contributed by atoms with van der Waals surface area (Å²) < 4.78 is 0. The molecule has 0 saturated heterocycles. The summed E-state index contributed by atoms with van der Waals surface area (Å²) in [6.45, 7) is -0.0969. The van der Waals surface area contributed by atoms with Gasteiger partial charge in [-0.25, -0.2) is 0 Å². The van der Waals surface area contributed by atoms with Gasteiger partial charge in [0.1, 0.15) is 5.71 Å². The molecule has 0 aromatic heterocycles. The van der Waals surface area contributed by atoms with Crippen molar-refractivity contribution < 1.29 is 14.4 Å². The molecule has 3 rings (SSSR count). The molecule has 2 aromatic rings. The largest absolute Gasteiger partial charge is 0.387 e.